The van der Waals surface area contributed by atoms with Crippen LogP contribution in [-0.4, -0.2) is 29.3 Å². The molecule has 0 atom stereocenters. The number of hydrazine groups is 1. The van der Waals surface area contributed by atoms with E-state index in [0.29, 0.717) is 6.04 Å². The van der Waals surface area contributed by atoms with Crippen LogP contribution in [0.25, 0.3) is 0 Å². The van der Waals surface area contributed by atoms with Crippen LogP contribution >= 0.6 is 0 Å². The molecular formula is C13H29N3O. The maximum Gasteiger partial charge on any atom is 0.0155 e. The van der Waals surface area contributed by atoms with E-state index in [-0.39, 0.29) is 0 Å². The molecular weight excluding hydrogens is 214 g/mol. The zero-order valence-electron chi connectivity index (χ0n) is 11.4. The summed E-state index contributed by atoms with van der Waals surface area (Å²) >= 11 is 0. The highest BCUT2D eigenvalue weighted by Gasteiger charge is 2.29. The molecule has 102 valence electrons. The predicted octanol–water partition coefficient (Wildman–Crippen LogP) is 2.14. The van der Waals surface area contributed by atoms with Gasteiger partial charge in [0.1, 0.15) is 0 Å². The minimum atomic E-state index is 0.459. The second kappa shape index (κ2) is 8.03. The number of piperidine rings is 1. The first-order valence-corrected chi connectivity index (χ1v) is 7.20. The Balaban J connectivity index is 0.000000686. The molecule has 1 aliphatic carbocycles. The highest BCUT2D eigenvalue weighted by molar-refractivity contribution is 4.82. The van der Waals surface area contributed by atoms with E-state index >= 15 is 0 Å². The number of rotatable bonds is 2. The van der Waals surface area contributed by atoms with E-state index in [2.05, 4.69) is 5.59 Å². The molecule has 1 aliphatic heterocycles. The molecule has 1 saturated heterocycles. The van der Waals surface area contributed by atoms with Gasteiger partial charge in [0.15, 0.2) is 0 Å². The summed E-state index contributed by atoms with van der Waals surface area (Å²) in [6.07, 6.45) is 7.49. The Morgan fingerprint density at radius 2 is 1.41 bits per heavy atom. The second-order valence-corrected chi connectivity index (χ2v) is 5.10. The molecule has 17 heavy (non-hydrogen) atoms. The summed E-state index contributed by atoms with van der Waals surface area (Å²) in [5.74, 6) is 1.76. The van der Waals surface area contributed by atoms with Gasteiger partial charge in [-0.1, -0.05) is 13.8 Å². The van der Waals surface area contributed by atoms with Crippen LogP contribution < -0.4 is 11.3 Å². The van der Waals surface area contributed by atoms with Crippen molar-refractivity contribution in [3.05, 3.63) is 0 Å². The number of nitrogens with two attached hydrogens (primary N) is 1. The number of nitrogens with one attached hydrogen (secondary N) is 1. The van der Waals surface area contributed by atoms with Gasteiger partial charge in [0, 0.05) is 19.1 Å². The third-order valence-corrected chi connectivity index (χ3v) is 4.16. The molecule has 4 heteroatoms. The monoisotopic (exact) mass is 243 g/mol. The van der Waals surface area contributed by atoms with Crippen LogP contribution in [0.1, 0.15) is 52.4 Å². The zero-order valence-corrected chi connectivity index (χ0v) is 11.4. The molecule has 0 amide bonds. The Morgan fingerprint density at radius 3 is 1.88 bits per heavy atom. The smallest absolute Gasteiger partial charge is 0.0155 e. The van der Waals surface area contributed by atoms with Crippen molar-refractivity contribution in [2.75, 3.05) is 13.1 Å². The van der Waals surface area contributed by atoms with Gasteiger partial charge in [0.05, 0.1) is 0 Å². The van der Waals surface area contributed by atoms with E-state index in [1.807, 2.05) is 18.9 Å². The Bertz CT molecular complexity index is 185. The molecule has 0 spiro atoms. The standard InChI is InChI=1S/C11H23N3O.C2H6/c12-11-3-1-9(2-4-11)10-5-7-14(13-15)8-6-10;1-2/h9-11,13,15H,1-8,12H2;1-2H3. The highest BCUT2D eigenvalue weighted by atomic mass is 16.5. The van der Waals surface area contributed by atoms with Gasteiger partial charge in [0.2, 0.25) is 0 Å². The van der Waals surface area contributed by atoms with Crippen molar-refractivity contribution in [1.82, 2.24) is 10.6 Å². The van der Waals surface area contributed by atoms with Gasteiger partial charge < -0.3 is 10.9 Å². The molecule has 4 nitrogen and oxygen atoms in total. The largest absolute Gasteiger partial charge is 0.328 e. The van der Waals surface area contributed by atoms with Gasteiger partial charge in [0.25, 0.3) is 0 Å². The van der Waals surface area contributed by atoms with E-state index in [1.165, 1.54) is 38.5 Å². The predicted molar refractivity (Wildman–Crippen MR) is 70.5 cm³/mol. The number of hydrogen-bond acceptors (Lipinski definition) is 4. The highest BCUT2D eigenvalue weighted by Crippen LogP contribution is 2.34. The van der Waals surface area contributed by atoms with E-state index in [1.54, 1.807) is 0 Å². The minimum absolute atomic E-state index is 0.459. The van der Waals surface area contributed by atoms with Crippen LogP contribution in [0.4, 0.5) is 0 Å². The first-order chi connectivity index (χ1) is 8.29. The summed E-state index contributed by atoms with van der Waals surface area (Å²) < 4.78 is 0. The third kappa shape index (κ3) is 4.54. The summed E-state index contributed by atoms with van der Waals surface area (Å²) in [5.41, 5.74) is 8.17. The van der Waals surface area contributed by atoms with Gasteiger partial charge in [-0.3, -0.25) is 0 Å². The lowest BCUT2D eigenvalue weighted by Crippen LogP contribution is -2.43. The Labute approximate surface area is 105 Å². The SMILES string of the molecule is CC.NC1CCC(C2CCN(NO)CC2)CC1. The van der Waals surface area contributed by atoms with Crippen molar-refractivity contribution in [2.45, 2.75) is 58.4 Å². The van der Waals surface area contributed by atoms with E-state index < -0.39 is 0 Å². The van der Waals surface area contributed by atoms with Crippen LogP contribution in [0.15, 0.2) is 0 Å². The van der Waals surface area contributed by atoms with Crippen LogP contribution in [0.2, 0.25) is 0 Å². The molecule has 0 radical (unpaired) electrons. The molecule has 2 aliphatic rings. The van der Waals surface area contributed by atoms with E-state index in [4.69, 9.17) is 10.9 Å². The maximum atomic E-state index is 8.78. The average molecular weight is 243 g/mol. The van der Waals surface area contributed by atoms with E-state index in [0.717, 1.165) is 24.9 Å². The van der Waals surface area contributed by atoms with Gasteiger partial charge >= 0.3 is 0 Å². The minimum Gasteiger partial charge on any atom is -0.328 e. The summed E-state index contributed by atoms with van der Waals surface area (Å²) in [5, 5.41) is 10.7. The molecule has 1 heterocycles. The van der Waals surface area contributed by atoms with Crippen molar-refractivity contribution in [2.24, 2.45) is 17.6 Å². The van der Waals surface area contributed by atoms with Gasteiger partial charge in [-0.05, 0) is 50.4 Å². The first kappa shape index (κ1) is 14.9. The molecule has 2 fully saturated rings. The molecule has 0 unspecified atom stereocenters. The lowest BCUT2D eigenvalue weighted by atomic mass is 9.75. The van der Waals surface area contributed by atoms with Gasteiger partial charge in [-0.25, -0.2) is 5.01 Å². The quantitative estimate of drug-likeness (QED) is 0.650. The fourth-order valence-electron chi connectivity index (χ4n) is 3.09. The summed E-state index contributed by atoms with van der Waals surface area (Å²) in [4.78, 5) is 0. The zero-order chi connectivity index (χ0) is 12.7. The van der Waals surface area contributed by atoms with Crippen molar-refractivity contribution in [3.8, 4) is 0 Å². The van der Waals surface area contributed by atoms with E-state index in [9.17, 15) is 0 Å². The summed E-state index contributed by atoms with van der Waals surface area (Å²) in [6, 6.07) is 0.459. The molecule has 0 aromatic carbocycles. The van der Waals surface area contributed by atoms with Crippen LogP contribution in [0.5, 0.6) is 0 Å². The Morgan fingerprint density at radius 1 is 0.941 bits per heavy atom. The second-order valence-electron chi connectivity index (χ2n) is 5.10. The molecule has 0 bridgehead atoms. The summed E-state index contributed by atoms with van der Waals surface area (Å²) in [6.45, 7) is 5.95. The molecule has 2 rings (SSSR count). The van der Waals surface area contributed by atoms with Crippen LogP contribution in [0.3, 0.4) is 0 Å². The van der Waals surface area contributed by atoms with Gasteiger partial charge in [-0.2, -0.15) is 0 Å². The van der Waals surface area contributed by atoms with Crippen molar-refractivity contribution in [1.29, 1.82) is 0 Å². The van der Waals surface area contributed by atoms with Gasteiger partial charge in [-0.15, -0.1) is 5.59 Å². The Kier molecular flexibility index (Phi) is 7.04. The van der Waals surface area contributed by atoms with Crippen molar-refractivity contribution < 1.29 is 5.21 Å². The maximum absolute atomic E-state index is 8.78. The lowest BCUT2D eigenvalue weighted by Gasteiger charge is -2.37. The third-order valence-electron chi connectivity index (χ3n) is 4.16. The molecule has 4 N–H and O–H groups in total. The van der Waals surface area contributed by atoms with Crippen LogP contribution in [0, 0.1) is 11.8 Å². The van der Waals surface area contributed by atoms with Crippen molar-refractivity contribution >= 4 is 0 Å². The number of hydrogen-bond donors (Lipinski definition) is 3. The topological polar surface area (TPSA) is 61.5 Å². The fourth-order valence-corrected chi connectivity index (χ4v) is 3.09. The fraction of sp³-hybridized carbons (Fsp3) is 1.00. The first-order valence-electron chi connectivity index (χ1n) is 7.20. The van der Waals surface area contributed by atoms with Crippen molar-refractivity contribution in [3.63, 3.8) is 0 Å². The average Bonchev–Trinajstić information content (AvgIpc) is 2.42. The molecule has 0 aromatic rings. The summed E-state index contributed by atoms with van der Waals surface area (Å²) in [7, 11) is 0. The number of nitrogens with zero attached hydrogens (tertiary/aromatic N) is 1. The molecule has 0 aromatic heterocycles. The molecule has 1 saturated carbocycles. The lowest BCUT2D eigenvalue weighted by molar-refractivity contribution is -0.0455. The Hall–Kier alpha value is -0.160. The normalized spacial score (nSPS) is 31.8. The van der Waals surface area contributed by atoms with Crippen LogP contribution in [-0.2, 0) is 0 Å².